The van der Waals surface area contributed by atoms with Gasteiger partial charge in [-0.3, -0.25) is 0 Å². The Labute approximate surface area is 89.8 Å². The van der Waals surface area contributed by atoms with Gasteiger partial charge in [-0.15, -0.1) is 24.8 Å². The van der Waals surface area contributed by atoms with Crippen molar-refractivity contribution in [2.24, 2.45) is 0 Å². The summed E-state index contributed by atoms with van der Waals surface area (Å²) < 4.78 is 1.59. The molecule has 0 saturated heterocycles. The Kier molecular flexibility index (Phi) is 7.54. The Hall–Kier alpha value is 0.943. The summed E-state index contributed by atoms with van der Waals surface area (Å²) in [4.78, 5) is 0. The van der Waals surface area contributed by atoms with E-state index in [0.717, 1.165) is 0 Å². The van der Waals surface area contributed by atoms with Crippen LogP contribution in [0, 0.1) is 0 Å². The first-order chi connectivity index (χ1) is 3.70. The maximum atomic E-state index is 2.30. The zero-order valence-electron chi connectivity index (χ0n) is 6.10. The molecule has 0 spiro atoms. The molecule has 0 bridgehead atoms. The average Bonchev–Trinajstić information content (AvgIpc) is 1.85. The van der Waals surface area contributed by atoms with Gasteiger partial charge in [0.25, 0.3) is 0 Å². The van der Waals surface area contributed by atoms with E-state index in [9.17, 15) is 0 Å². The fourth-order valence-corrected chi connectivity index (χ4v) is 2.04. The first-order valence-electron chi connectivity index (χ1n) is 2.78. The van der Waals surface area contributed by atoms with Crippen LogP contribution in [0.4, 0.5) is 0 Å². The molecule has 0 atom stereocenters. The van der Waals surface area contributed by atoms with E-state index in [1.807, 2.05) is 0 Å². The van der Waals surface area contributed by atoms with Gasteiger partial charge in [0.05, 0.1) is 0 Å². The molecule has 0 unspecified atom stereocenters. The maximum Gasteiger partial charge on any atom is -0.147 e. The number of hydrogen-bond donors (Lipinski definition) is 0. The molecular formula is C7H11Cl2Zr. The number of hydrogen-bond acceptors (Lipinski definition) is 0. The largest absolute Gasteiger partial charge is 0.147 e. The molecule has 0 aromatic carbocycles. The van der Waals surface area contributed by atoms with E-state index in [0.29, 0.717) is 0 Å². The quantitative estimate of drug-likeness (QED) is 0.626. The van der Waals surface area contributed by atoms with Gasteiger partial charge in [0.1, 0.15) is 0 Å². The third-order valence-corrected chi connectivity index (χ3v) is 2.31. The van der Waals surface area contributed by atoms with Crippen LogP contribution in [0.15, 0.2) is 20.5 Å². The van der Waals surface area contributed by atoms with E-state index >= 15 is 0 Å². The number of allylic oxidation sites excluding steroid dienone is 4. The van der Waals surface area contributed by atoms with Crippen LogP contribution in [0.2, 0.25) is 0 Å². The van der Waals surface area contributed by atoms with Gasteiger partial charge < -0.3 is 0 Å². The molecule has 3 heteroatoms. The second-order valence-electron chi connectivity index (χ2n) is 2.31. The molecule has 0 N–H and O–H groups in total. The van der Waals surface area contributed by atoms with Crippen molar-refractivity contribution in [2.75, 3.05) is 0 Å². The van der Waals surface area contributed by atoms with Crippen molar-refractivity contribution in [3.8, 4) is 0 Å². The van der Waals surface area contributed by atoms with Crippen LogP contribution in [0.1, 0.15) is 20.3 Å². The number of halogens is 2. The van der Waals surface area contributed by atoms with Gasteiger partial charge in [-0.05, 0) is 0 Å². The molecular weight excluding hydrogens is 246 g/mol. The van der Waals surface area contributed by atoms with E-state index < -0.39 is 0 Å². The fourth-order valence-electron chi connectivity index (χ4n) is 0.861. The van der Waals surface area contributed by atoms with Crippen LogP contribution in [-0.2, 0) is 24.7 Å². The molecule has 10 heavy (non-hydrogen) atoms. The van der Waals surface area contributed by atoms with Crippen LogP contribution in [0.5, 0.6) is 0 Å². The summed E-state index contributed by atoms with van der Waals surface area (Å²) in [7, 11) is 0. The van der Waals surface area contributed by atoms with Crippen LogP contribution < -0.4 is 0 Å². The van der Waals surface area contributed by atoms with Crippen LogP contribution >= 0.6 is 24.8 Å². The molecule has 1 aliphatic rings. The predicted molar refractivity (Wildman–Crippen MR) is 45.6 cm³/mol. The Balaban J connectivity index is 0. The van der Waals surface area contributed by atoms with Crippen molar-refractivity contribution in [1.29, 1.82) is 0 Å². The van der Waals surface area contributed by atoms with Crippen molar-refractivity contribution < 1.29 is 24.7 Å². The van der Waals surface area contributed by atoms with Gasteiger partial charge in [-0.2, -0.15) is 0 Å². The van der Waals surface area contributed by atoms with Gasteiger partial charge in [-0.25, -0.2) is 0 Å². The van der Waals surface area contributed by atoms with Crippen LogP contribution in [0.3, 0.4) is 0 Å². The van der Waals surface area contributed by atoms with Crippen LogP contribution in [-0.4, -0.2) is 0 Å². The molecule has 0 saturated carbocycles. The maximum absolute atomic E-state index is 2.30. The third kappa shape index (κ3) is 3.37. The standard InChI is InChI=1S/C7H9.2ClH.Zr/c1-6-4-3-5-7(6)2;;;/h4H,5H2,1-2H3;2*1H;. The molecule has 1 rings (SSSR count). The zero-order chi connectivity index (χ0) is 6.15. The summed E-state index contributed by atoms with van der Waals surface area (Å²) in [5.74, 6) is 0. The summed E-state index contributed by atoms with van der Waals surface area (Å²) in [6.45, 7) is 4.40. The predicted octanol–water partition coefficient (Wildman–Crippen LogP) is 3.00. The van der Waals surface area contributed by atoms with E-state index in [1.165, 1.54) is 12.0 Å². The van der Waals surface area contributed by atoms with Crippen LogP contribution in [0.25, 0.3) is 0 Å². The molecule has 0 radical (unpaired) electrons. The van der Waals surface area contributed by atoms with Crippen molar-refractivity contribution >= 4 is 24.8 Å². The van der Waals surface area contributed by atoms with Crippen molar-refractivity contribution in [3.05, 3.63) is 20.5 Å². The molecule has 1 aliphatic carbocycles. The van der Waals surface area contributed by atoms with E-state index in [-0.39, 0.29) is 24.8 Å². The van der Waals surface area contributed by atoms with Crippen molar-refractivity contribution in [1.82, 2.24) is 0 Å². The summed E-state index contributed by atoms with van der Waals surface area (Å²) in [5.41, 5.74) is 3.04. The molecule has 57 valence electrons. The van der Waals surface area contributed by atoms with E-state index in [2.05, 4.69) is 19.9 Å². The number of rotatable bonds is 0. The Morgan fingerprint density at radius 2 is 1.80 bits per heavy atom. The topological polar surface area (TPSA) is 0 Å². The first-order valence-corrected chi connectivity index (χ1v) is 4.01. The normalized spacial score (nSPS) is 15.5. The summed E-state index contributed by atoms with van der Waals surface area (Å²) in [5, 5.41) is 0. The monoisotopic (exact) mass is 255 g/mol. The summed E-state index contributed by atoms with van der Waals surface area (Å²) in [6, 6.07) is 0. The Morgan fingerprint density at radius 3 is 1.90 bits per heavy atom. The van der Waals surface area contributed by atoms with Gasteiger partial charge >= 0.3 is 65.5 Å². The minimum Gasteiger partial charge on any atom is -0.147 e. The molecule has 0 heterocycles. The minimum atomic E-state index is 0. The Morgan fingerprint density at radius 1 is 1.30 bits per heavy atom. The van der Waals surface area contributed by atoms with Gasteiger partial charge in [0.2, 0.25) is 0 Å². The van der Waals surface area contributed by atoms with E-state index in [1.54, 1.807) is 33.6 Å². The van der Waals surface area contributed by atoms with Crippen molar-refractivity contribution in [2.45, 2.75) is 20.3 Å². The fraction of sp³-hybridized carbons (Fsp3) is 0.429. The average molecular weight is 257 g/mol. The van der Waals surface area contributed by atoms with E-state index in [4.69, 9.17) is 0 Å². The molecule has 0 aliphatic heterocycles. The molecule has 0 amide bonds. The van der Waals surface area contributed by atoms with Crippen molar-refractivity contribution in [3.63, 3.8) is 0 Å². The molecule has 0 fully saturated rings. The Bertz CT molecular complexity index is 170. The minimum absolute atomic E-state index is 0. The van der Waals surface area contributed by atoms with Gasteiger partial charge in [0, 0.05) is 0 Å². The first kappa shape index (κ1) is 13.5. The van der Waals surface area contributed by atoms with Gasteiger partial charge in [-0.1, -0.05) is 0 Å². The SMILES string of the molecule is CC1=C(C)C[C]([Zr])=C1.Cl.Cl. The summed E-state index contributed by atoms with van der Waals surface area (Å²) >= 11 is 1.58. The summed E-state index contributed by atoms with van der Waals surface area (Å²) in [6.07, 6.45) is 3.54. The third-order valence-electron chi connectivity index (χ3n) is 1.52. The molecule has 0 aromatic rings. The van der Waals surface area contributed by atoms with Gasteiger partial charge in [0.15, 0.2) is 0 Å². The molecule has 0 aromatic heterocycles. The zero-order valence-corrected chi connectivity index (χ0v) is 10.2. The second-order valence-corrected chi connectivity index (χ2v) is 3.89. The smallest absolute Gasteiger partial charge is 0.147 e. The second kappa shape index (κ2) is 5.58. The molecule has 0 nitrogen and oxygen atoms in total.